The second-order valence-electron chi connectivity index (χ2n) is 9.72. The molecule has 1 aliphatic carbocycles. The number of nitrogens with zero attached hydrogens (tertiary/aromatic N) is 2. The fraction of sp³-hybridized carbons (Fsp3) is 0.600. The summed E-state index contributed by atoms with van der Waals surface area (Å²) >= 11 is 0. The number of benzene rings is 1. The molecule has 1 aromatic rings. The lowest BCUT2D eigenvalue weighted by atomic mass is 9.98. The Hall–Kier alpha value is -2.94. The Morgan fingerprint density at radius 2 is 1.74 bits per heavy atom. The highest BCUT2D eigenvalue weighted by molar-refractivity contribution is 6.07. The molecule has 2 saturated heterocycles. The molecule has 2 atom stereocenters. The Balaban J connectivity index is 1.20. The number of imide groups is 1. The number of hydrogen-bond acceptors (Lipinski definition) is 5. The van der Waals surface area contributed by atoms with Crippen molar-refractivity contribution >= 4 is 23.8 Å². The fourth-order valence-corrected chi connectivity index (χ4v) is 5.17. The predicted octanol–water partition coefficient (Wildman–Crippen LogP) is 2.20. The largest absolute Gasteiger partial charge is 0.372 e. The van der Waals surface area contributed by atoms with E-state index in [4.69, 9.17) is 4.74 Å². The molecular weight excluding hydrogens is 436 g/mol. The van der Waals surface area contributed by atoms with Crippen LogP contribution in [0, 0.1) is 0 Å². The van der Waals surface area contributed by atoms with Gasteiger partial charge in [0.25, 0.3) is 11.8 Å². The van der Waals surface area contributed by atoms with E-state index in [-0.39, 0.29) is 48.9 Å². The van der Waals surface area contributed by atoms with Crippen molar-refractivity contribution in [3.8, 4) is 0 Å². The molecule has 3 aliphatic rings. The maximum atomic E-state index is 12.8. The zero-order valence-corrected chi connectivity index (χ0v) is 20.0. The molecule has 184 valence electrons. The maximum absolute atomic E-state index is 12.8. The number of rotatable bonds is 7. The van der Waals surface area contributed by atoms with Gasteiger partial charge < -0.3 is 20.3 Å². The second kappa shape index (κ2) is 10.1. The maximum Gasteiger partial charge on any atom is 0.325 e. The van der Waals surface area contributed by atoms with E-state index in [9.17, 15) is 19.2 Å². The van der Waals surface area contributed by atoms with Gasteiger partial charge in [-0.1, -0.05) is 25.0 Å². The minimum absolute atomic E-state index is 0.0162. The van der Waals surface area contributed by atoms with Crippen molar-refractivity contribution < 1.29 is 23.9 Å². The number of urea groups is 1. The zero-order valence-electron chi connectivity index (χ0n) is 20.0. The first-order chi connectivity index (χ1) is 16.3. The van der Waals surface area contributed by atoms with E-state index in [0.717, 1.165) is 18.4 Å². The molecule has 1 aromatic carbocycles. The molecular formula is C25H34N4O5. The van der Waals surface area contributed by atoms with Crippen LogP contribution in [0.25, 0.3) is 0 Å². The second-order valence-corrected chi connectivity index (χ2v) is 9.72. The first-order valence-corrected chi connectivity index (χ1v) is 12.2. The van der Waals surface area contributed by atoms with Crippen LogP contribution < -0.4 is 10.6 Å². The van der Waals surface area contributed by atoms with Crippen LogP contribution in [0.3, 0.4) is 0 Å². The molecule has 5 amide bonds. The van der Waals surface area contributed by atoms with E-state index >= 15 is 0 Å². The predicted molar refractivity (Wildman–Crippen MR) is 125 cm³/mol. The smallest absolute Gasteiger partial charge is 0.325 e. The topological polar surface area (TPSA) is 108 Å². The molecule has 9 heteroatoms. The van der Waals surface area contributed by atoms with Crippen LogP contribution in [0.5, 0.6) is 0 Å². The quantitative estimate of drug-likeness (QED) is 0.594. The number of carbonyl (C=O) groups is 4. The van der Waals surface area contributed by atoms with E-state index in [2.05, 4.69) is 10.6 Å². The summed E-state index contributed by atoms with van der Waals surface area (Å²) < 4.78 is 5.69. The van der Waals surface area contributed by atoms with Gasteiger partial charge in [-0.25, -0.2) is 4.79 Å². The van der Waals surface area contributed by atoms with Crippen molar-refractivity contribution in [2.24, 2.45) is 0 Å². The molecule has 9 nitrogen and oxygen atoms in total. The molecule has 4 rings (SSSR count). The Morgan fingerprint density at radius 1 is 1.09 bits per heavy atom. The number of ether oxygens (including phenoxy) is 1. The molecule has 0 aromatic heterocycles. The summed E-state index contributed by atoms with van der Waals surface area (Å²) in [5, 5.41) is 5.72. The van der Waals surface area contributed by atoms with Crippen LogP contribution in [0.4, 0.5) is 4.79 Å². The van der Waals surface area contributed by atoms with E-state index in [1.165, 1.54) is 4.90 Å². The SMILES string of the molecule is CC1CN(C(=O)c2ccc(CNC(=O)CCCN3C(=O)NC4(CCCC4)C3=O)cc2)CC(C)O1. The van der Waals surface area contributed by atoms with E-state index in [1.807, 2.05) is 30.9 Å². The van der Waals surface area contributed by atoms with Crippen LogP contribution in [-0.4, -0.2) is 70.9 Å². The van der Waals surface area contributed by atoms with Crippen LogP contribution in [0.1, 0.15) is 68.3 Å². The van der Waals surface area contributed by atoms with Crippen LogP contribution in [-0.2, 0) is 20.9 Å². The minimum Gasteiger partial charge on any atom is -0.372 e. The molecule has 2 N–H and O–H groups in total. The number of carbonyl (C=O) groups excluding carboxylic acids is 4. The standard InChI is InChI=1S/C25H34N4O5/c1-17-15-28(16-18(2)34-17)22(31)20-9-7-19(8-10-20)14-26-21(30)6-5-13-29-23(32)25(27-24(29)33)11-3-4-12-25/h7-10,17-18H,3-6,11-16H2,1-2H3,(H,26,30)(H,27,33). The number of hydrogen-bond donors (Lipinski definition) is 2. The van der Waals surface area contributed by atoms with Crippen LogP contribution in [0.15, 0.2) is 24.3 Å². The summed E-state index contributed by atoms with van der Waals surface area (Å²) in [6.07, 6.45) is 3.98. The third-order valence-electron chi connectivity index (χ3n) is 6.89. The van der Waals surface area contributed by atoms with Crippen molar-refractivity contribution in [3.63, 3.8) is 0 Å². The minimum atomic E-state index is -0.703. The Kier molecular flexibility index (Phi) is 7.21. The molecule has 34 heavy (non-hydrogen) atoms. The van der Waals surface area contributed by atoms with Gasteiger partial charge >= 0.3 is 6.03 Å². The molecule has 2 unspecified atom stereocenters. The lowest BCUT2D eigenvalue weighted by Crippen LogP contribution is -2.48. The highest BCUT2D eigenvalue weighted by atomic mass is 16.5. The summed E-state index contributed by atoms with van der Waals surface area (Å²) in [6, 6.07) is 6.91. The first-order valence-electron chi connectivity index (χ1n) is 12.2. The lowest BCUT2D eigenvalue weighted by molar-refractivity contribution is -0.131. The van der Waals surface area contributed by atoms with E-state index in [1.54, 1.807) is 12.1 Å². The fourth-order valence-electron chi connectivity index (χ4n) is 5.17. The van der Waals surface area contributed by atoms with E-state index in [0.29, 0.717) is 44.5 Å². The van der Waals surface area contributed by atoms with Gasteiger partial charge in [-0.15, -0.1) is 0 Å². The van der Waals surface area contributed by atoms with Gasteiger partial charge in [0.05, 0.1) is 12.2 Å². The van der Waals surface area contributed by atoms with Gasteiger partial charge in [-0.05, 0) is 50.8 Å². The summed E-state index contributed by atoms with van der Waals surface area (Å²) in [4.78, 5) is 52.9. The lowest BCUT2D eigenvalue weighted by Gasteiger charge is -2.35. The average molecular weight is 471 g/mol. The van der Waals surface area contributed by atoms with Gasteiger partial charge in [-0.2, -0.15) is 0 Å². The van der Waals surface area contributed by atoms with Crippen LogP contribution in [0.2, 0.25) is 0 Å². The van der Waals surface area contributed by atoms with Gasteiger partial charge in [0.2, 0.25) is 5.91 Å². The monoisotopic (exact) mass is 470 g/mol. The Morgan fingerprint density at radius 3 is 2.38 bits per heavy atom. The van der Waals surface area contributed by atoms with Gasteiger partial charge in [0.1, 0.15) is 5.54 Å². The summed E-state index contributed by atoms with van der Waals surface area (Å²) in [6.45, 7) is 5.68. The highest BCUT2D eigenvalue weighted by Gasteiger charge is 2.52. The van der Waals surface area contributed by atoms with E-state index < -0.39 is 5.54 Å². The molecule has 2 heterocycles. The molecule has 2 aliphatic heterocycles. The summed E-state index contributed by atoms with van der Waals surface area (Å²) in [5.41, 5.74) is 0.807. The van der Waals surface area contributed by atoms with Crippen molar-refractivity contribution in [1.82, 2.24) is 20.4 Å². The highest BCUT2D eigenvalue weighted by Crippen LogP contribution is 2.35. The van der Waals surface area contributed by atoms with Crippen LogP contribution >= 0.6 is 0 Å². The van der Waals surface area contributed by atoms with Crippen molar-refractivity contribution in [1.29, 1.82) is 0 Å². The van der Waals surface area contributed by atoms with Crippen molar-refractivity contribution in [2.75, 3.05) is 19.6 Å². The zero-order chi connectivity index (χ0) is 24.3. The first kappa shape index (κ1) is 24.2. The van der Waals surface area contributed by atoms with Crippen molar-refractivity contribution in [2.45, 2.75) is 76.7 Å². The van der Waals surface area contributed by atoms with Crippen molar-refractivity contribution in [3.05, 3.63) is 35.4 Å². The molecule has 1 saturated carbocycles. The number of nitrogens with one attached hydrogen (secondary N) is 2. The third-order valence-corrected chi connectivity index (χ3v) is 6.89. The van der Waals surface area contributed by atoms with Gasteiger partial charge in [0, 0.05) is 38.2 Å². The Bertz CT molecular complexity index is 931. The number of amides is 5. The molecule has 1 spiro atoms. The number of morpholine rings is 1. The van der Waals surface area contributed by atoms with Gasteiger partial charge in [0.15, 0.2) is 0 Å². The molecule has 0 bridgehead atoms. The summed E-state index contributed by atoms with van der Waals surface area (Å²) in [5.74, 6) is -0.303. The molecule has 3 fully saturated rings. The van der Waals surface area contributed by atoms with Gasteiger partial charge in [-0.3, -0.25) is 19.3 Å². The normalized spacial score (nSPS) is 23.9. The molecule has 0 radical (unpaired) electrons. The third kappa shape index (κ3) is 5.24. The average Bonchev–Trinajstić information content (AvgIpc) is 3.37. The summed E-state index contributed by atoms with van der Waals surface area (Å²) in [7, 11) is 0. The Labute approximate surface area is 200 Å².